The van der Waals surface area contributed by atoms with Crippen LogP contribution in [-0.4, -0.2) is 27.7 Å². The minimum absolute atomic E-state index is 0.200. The third-order valence-corrected chi connectivity index (χ3v) is 7.12. The predicted molar refractivity (Wildman–Crippen MR) is 167 cm³/mol. The Morgan fingerprint density at radius 2 is 1.68 bits per heavy atom. The van der Waals surface area contributed by atoms with Gasteiger partial charge in [-0.2, -0.15) is 0 Å². The van der Waals surface area contributed by atoms with E-state index in [0.29, 0.717) is 31.3 Å². The van der Waals surface area contributed by atoms with Crippen molar-refractivity contribution >= 4 is 16.6 Å². The molecule has 4 rings (SSSR count). The van der Waals surface area contributed by atoms with E-state index in [0.717, 1.165) is 66.1 Å². The number of anilines is 1. The van der Waals surface area contributed by atoms with Gasteiger partial charge in [0.2, 0.25) is 0 Å². The molecule has 0 unspecified atom stereocenters. The molecule has 2 aromatic heterocycles. The summed E-state index contributed by atoms with van der Waals surface area (Å²) >= 11 is 0. The first-order valence-electron chi connectivity index (χ1n) is 14.6. The molecule has 0 aliphatic rings. The standard InChI is InChI=1S/C34H44N4O2/c1-23(2)17-28-21-31(39)34(40)38(16-13-25-11-12-26-9-5-6-10-27(26)19-25)33(28)29-20-30(18-24(3)4)37-32(22-29)36-15-8-7-14-35/h5-6,9-12,19-24,39H,7-8,13-18,35H2,1-4H3,(H,36,37). The van der Waals surface area contributed by atoms with E-state index in [1.807, 2.05) is 12.1 Å². The monoisotopic (exact) mass is 540 g/mol. The van der Waals surface area contributed by atoms with E-state index in [-0.39, 0.29) is 11.3 Å². The maximum absolute atomic E-state index is 13.5. The van der Waals surface area contributed by atoms with Crippen LogP contribution in [0, 0.1) is 11.8 Å². The molecule has 2 heterocycles. The molecule has 4 N–H and O–H groups in total. The summed E-state index contributed by atoms with van der Waals surface area (Å²) < 4.78 is 1.77. The smallest absolute Gasteiger partial charge is 0.293 e. The highest BCUT2D eigenvalue weighted by Gasteiger charge is 2.19. The highest BCUT2D eigenvalue weighted by Crippen LogP contribution is 2.30. The van der Waals surface area contributed by atoms with Crippen LogP contribution in [0.1, 0.15) is 57.4 Å². The molecule has 0 saturated carbocycles. The number of hydrogen-bond acceptors (Lipinski definition) is 5. The van der Waals surface area contributed by atoms with E-state index in [1.165, 1.54) is 10.8 Å². The molecule has 6 nitrogen and oxygen atoms in total. The summed E-state index contributed by atoms with van der Waals surface area (Å²) in [4.78, 5) is 18.4. The average Bonchev–Trinajstić information content (AvgIpc) is 2.91. The van der Waals surface area contributed by atoms with Gasteiger partial charge in [-0.3, -0.25) is 4.79 Å². The first-order valence-corrected chi connectivity index (χ1v) is 14.6. The van der Waals surface area contributed by atoms with Crippen molar-refractivity contribution < 1.29 is 5.11 Å². The van der Waals surface area contributed by atoms with Crippen LogP contribution < -0.4 is 16.6 Å². The van der Waals surface area contributed by atoms with Crippen molar-refractivity contribution in [2.24, 2.45) is 17.6 Å². The number of aromatic hydroxyl groups is 1. The second-order valence-electron chi connectivity index (χ2n) is 11.6. The molecule has 0 atom stereocenters. The van der Waals surface area contributed by atoms with Gasteiger partial charge < -0.3 is 20.7 Å². The van der Waals surface area contributed by atoms with Crippen molar-refractivity contribution in [3.63, 3.8) is 0 Å². The van der Waals surface area contributed by atoms with Crippen LogP contribution in [0.3, 0.4) is 0 Å². The lowest BCUT2D eigenvalue weighted by Crippen LogP contribution is -2.24. The van der Waals surface area contributed by atoms with Gasteiger partial charge >= 0.3 is 0 Å². The van der Waals surface area contributed by atoms with Crippen molar-refractivity contribution in [1.29, 1.82) is 0 Å². The fourth-order valence-electron chi connectivity index (χ4n) is 5.32. The number of fused-ring (bicyclic) bond motifs is 1. The number of aryl methyl sites for hydroxylation is 1. The van der Waals surface area contributed by atoms with Gasteiger partial charge in [-0.15, -0.1) is 0 Å². The van der Waals surface area contributed by atoms with Crippen molar-refractivity contribution in [3.8, 4) is 17.0 Å². The van der Waals surface area contributed by atoms with Gasteiger partial charge in [-0.25, -0.2) is 4.98 Å². The molecule has 0 aliphatic carbocycles. The molecule has 40 heavy (non-hydrogen) atoms. The van der Waals surface area contributed by atoms with Crippen LogP contribution in [-0.2, 0) is 25.8 Å². The molecule has 0 amide bonds. The number of aromatic nitrogens is 2. The Bertz CT molecular complexity index is 1490. The SMILES string of the molecule is CC(C)Cc1cc(-c2c(CC(C)C)cc(O)c(=O)n2CCc2ccc3ccccc3c2)cc(NCCCCN)n1. The maximum Gasteiger partial charge on any atom is 0.293 e. The molecule has 4 aromatic rings. The topological polar surface area (TPSA) is 93.2 Å². The first kappa shape index (κ1) is 29.3. The first-order chi connectivity index (χ1) is 19.2. The summed E-state index contributed by atoms with van der Waals surface area (Å²) in [6.45, 7) is 10.6. The summed E-state index contributed by atoms with van der Waals surface area (Å²) in [5.74, 6) is 1.41. The molecule has 2 aromatic carbocycles. The molecular weight excluding hydrogens is 496 g/mol. The lowest BCUT2D eigenvalue weighted by Gasteiger charge is -2.21. The van der Waals surface area contributed by atoms with Gasteiger partial charge in [0.1, 0.15) is 5.82 Å². The number of benzene rings is 2. The summed E-state index contributed by atoms with van der Waals surface area (Å²) in [6.07, 6.45) is 4.19. The van der Waals surface area contributed by atoms with Crippen molar-refractivity contribution in [2.45, 2.75) is 66.3 Å². The van der Waals surface area contributed by atoms with Crippen LogP contribution in [0.2, 0.25) is 0 Å². The fourth-order valence-corrected chi connectivity index (χ4v) is 5.32. The lowest BCUT2D eigenvalue weighted by molar-refractivity contribution is 0.455. The highest BCUT2D eigenvalue weighted by atomic mass is 16.3. The molecule has 0 fully saturated rings. The van der Waals surface area contributed by atoms with Crippen molar-refractivity contribution in [3.05, 3.63) is 87.8 Å². The number of nitrogens with one attached hydrogen (secondary N) is 1. The molecule has 212 valence electrons. The Morgan fingerprint density at radius 1 is 0.925 bits per heavy atom. The number of hydrogen-bond donors (Lipinski definition) is 3. The highest BCUT2D eigenvalue weighted by molar-refractivity contribution is 5.83. The van der Waals surface area contributed by atoms with E-state index in [9.17, 15) is 9.90 Å². The van der Waals surface area contributed by atoms with Crippen LogP contribution >= 0.6 is 0 Å². The molecule has 0 saturated heterocycles. The molecular formula is C34H44N4O2. The van der Waals surface area contributed by atoms with E-state index < -0.39 is 0 Å². The average molecular weight is 541 g/mol. The molecule has 0 radical (unpaired) electrons. The molecule has 0 bridgehead atoms. The fraction of sp³-hybridized carbons (Fsp3) is 0.412. The number of nitrogens with zero attached hydrogens (tertiary/aromatic N) is 2. The van der Waals surface area contributed by atoms with Gasteiger partial charge in [0.25, 0.3) is 5.56 Å². The Hall–Kier alpha value is -3.64. The van der Waals surface area contributed by atoms with Crippen molar-refractivity contribution in [2.75, 3.05) is 18.4 Å². The van der Waals surface area contributed by atoms with E-state index in [4.69, 9.17) is 10.7 Å². The van der Waals surface area contributed by atoms with Crippen molar-refractivity contribution in [1.82, 2.24) is 9.55 Å². The molecule has 0 aliphatic heterocycles. The largest absolute Gasteiger partial charge is 0.503 e. The predicted octanol–water partition coefficient (Wildman–Crippen LogP) is 6.56. The lowest BCUT2D eigenvalue weighted by atomic mass is 9.96. The van der Waals surface area contributed by atoms with E-state index >= 15 is 0 Å². The Labute approximate surface area is 238 Å². The molecule has 6 heteroatoms. The summed E-state index contributed by atoms with van der Waals surface area (Å²) in [5.41, 5.74) is 10.3. The van der Waals surface area contributed by atoms with Gasteiger partial charge in [0.15, 0.2) is 5.75 Å². The number of unbranched alkanes of at least 4 members (excludes halogenated alkanes) is 1. The minimum Gasteiger partial charge on any atom is -0.503 e. The van der Waals surface area contributed by atoms with E-state index in [2.05, 4.69) is 75.5 Å². The minimum atomic E-state index is -0.358. The van der Waals surface area contributed by atoms with Gasteiger partial charge in [-0.05, 0) is 90.6 Å². The zero-order valence-corrected chi connectivity index (χ0v) is 24.4. The van der Waals surface area contributed by atoms with E-state index in [1.54, 1.807) is 10.6 Å². The van der Waals surface area contributed by atoms with Gasteiger partial charge in [0, 0.05) is 24.3 Å². The summed E-state index contributed by atoms with van der Waals surface area (Å²) in [7, 11) is 0. The number of pyridine rings is 2. The second kappa shape index (κ2) is 13.6. The Kier molecular flexibility index (Phi) is 9.99. The zero-order chi connectivity index (χ0) is 28.6. The zero-order valence-electron chi connectivity index (χ0n) is 24.4. The maximum atomic E-state index is 13.5. The van der Waals surface area contributed by atoms with Crippen LogP contribution in [0.15, 0.2) is 65.5 Å². The van der Waals surface area contributed by atoms with Gasteiger partial charge in [0.05, 0.1) is 5.69 Å². The normalized spacial score (nSPS) is 11.6. The Balaban J connectivity index is 1.80. The van der Waals surface area contributed by atoms with Crippen LogP contribution in [0.25, 0.3) is 22.0 Å². The number of rotatable bonds is 13. The quantitative estimate of drug-likeness (QED) is 0.167. The van der Waals surface area contributed by atoms with Gasteiger partial charge in [-0.1, -0.05) is 70.2 Å². The second-order valence-corrected chi connectivity index (χ2v) is 11.6. The number of nitrogens with two attached hydrogens (primary N) is 1. The summed E-state index contributed by atoms with van der Waals surface area (Å²) in [6, 6.07) is 20.6. The van der Waals surface area contributed by atoms with Crippen LogP contribution in [0.4, 0.5) is 5.82 Å². The summed E-state index contributed by atoms with van der Waals surface area (Å²) in [5, 5.41) is 16.6. The Morgan fingerprint density at radius 3 is 2.40 bits per heavy atom. The van der Waals surface area contributed by atoms with Crippen LogP contribution in [0.5, 0.6) is 5.75 Å². The third kappa shape index (κ3) is 7.51. The third-order valence-electron chi connectivity index (χ3n) is 7.12. The molecule has 0 spiro atoms.